The van der Waals surface area contributed by atoms with Crippen LogP contribution in [0.2, 0.25) is 0 Å². The van der Waals surface area contributed by atoms with Gasteiger partial charge in [0.1, 0.15) is 0 Å². The Kier molecular flexibility index (Phi) is 4.04. The molecular formula is C14H20N2O3S. The van der Waals surface area contributed by atoms with Gasteiger partial charge >= 0.3 is 0 Å². The predicted octanol–water partition coefficient (Wildman–Crippen LogP) is 1.99. The third-order valence-corrected chi connectivity index (χ3v) is 3.85. The number of rotatable bonds is 5. The summed E-state index contributed by atoms with van der Waals surface area (Å²) in [6, 6.07) is 5.25. The molecule has 1 aromatic carbocycles. The quantitative estimate of drug-likeness (QED) is 0.903. The highest BCUT2D eigenvalue weighted by atomic mass is 32.2. The van der Waals surface area contributed by atoms with Crippen molar-refractivity contribution in [2.24, 2.45) is 5.92 Å². The van der Waals surface area contributed by atoms with E-state index in [0.29, 0.717) is 24.6 Å². The summed E-state index contributed by atoms with van der Waals surface area (Å²) in [5, 5.41) is 0. The molecule has 2 rings (SSSR count). The van der Waals surface area contributed by atoms with Crippen LogP contribution in [0.4, 0.5) is 11.4 Å². The summed E-state index contributed by atoms with van der Waals surface area (Å²) in [7, 11) is -3.29. The average molecular weight is 296 g/mol. The summed E-state index contributed by atoms with van der Waals surface area (Å²) in [5.41, 5.74) is 2.28. The molecule has 1 N–H and O–H groups in total. The van der Waals surface area contributed by atoms with Gasteiger partial charge in [-0.2, -0.15) is 0 Å². The second-order valence-electron chi connectivity index (χ2n) is 5.62. The van der Waals surface area contributed by atoms with Gasteiger partial charge in [-0.3, -0.25) is 9.52 Å². The molecular weight excluding hydrogens is 276 g/mol. The van der Waals surface area contributed by atoms with Crippen molar-refractivity contribution >= 4 is 27.3 Å². The van der Waals surface area contributed by atoms with Crippen molar-refractivity contribution in [3.63, 3.8) is 0 Å². The van der Waals surface area contributed by atoms with Crippen molar-refractivity contribution < 1.29 is 13.2 Å². The Bertz CT molecular complexity index is 623. The van der Waals surface area contributed by atoms with E-state index in [1.165, 1.54) is 0 Å². The van der Waals surface area contributed by atoms with E-state index in [1.807, 2.05) is 6.07 Å². The second kappa shape index (κ2) is 5.44. The van der Waals surface area contributed by atoms with Gasteiger partial charge < -0.3 is 4.90 Å². The van der Waals surface area contributed by atoms with Gasteiger partial charge in [-0.05, 0) is 36.1 Å². The summed E-state index contributed by atoms with van der Waals surface area (Å²) < 4.78 is 24.9. The van der Waals surface area contributed by atoms with Crippen LogP contribution >= 0.6 is 0 Å². The molecule has 1 heterocycles. The minimum absolute atomic E-state index is 0.0807. The molecule has 0 saturated carbocycles. The third kappa shape index (κ3) is 3.50. The molecule has 0 radical (unpaired) electrons. The van der Waals surface area contributed by atoms with Gasteiger partial charge in [0.15, 0.2) is 0 Å². The van der Waals surface area contributed by atoms with Gasteiger partial charge in [0.2, 0.25) is 15.9 Å². The summed E-state index contributed by atoms with van der Waals surface area (Å²) in [6.45, 7) is 4.96. The van der Waals surface area contributed by atoms with E-state index in [4.69, 9.17) is 0 Å². The SMILES string of the molecule is CC(C)CCN1C(=O)Cc2cc(NS(C)(=O)=O)ccc21. The van der Waals surface area contributed by atoms with Gasteiger partial charge in [-0.25, -0.2) is 8.42 Å². The normalized spacial score (nSPS) is 14.8. The molecule has 1 aliphatic rings. The Morgan fingerprint density at radius 3 is 2.65 bits per heavy atom. The van der Waals surface area contributed by atoms with E-state index < -0.39 is 10.0 Å². The third-order valence-electron chi connectivity index (χ3n) is 3.25. The lowest BCUT2D eigenvalue weighted by Gasteiger charge is -2.18. The number of hydrogen-bond donors (Lipinski definition) is 1. The zero-order chi connectivity index (χ0) is 14.9. The molecule has 0 spiro atoms. The van der Waals surface area contributed by atoms with Gasteiger partial charge in [0, 0.05) is 17.9 Å². The van der Waals surface area contributed by atoms with Crippen molar-refractivity contribution in [2.45, 2.75) is 26.7 Å². The Labute approximate surface area is 120 Å². The van der Waals surface area contributed by atoms with Crippen LogP contribution in [0, 0.1) is 5.92 Å². The Hall–Kier alpha value is -1.56. The zero-order valence-electron chi connectivity index (χ0n) is 12.0. The molecule has 0 aliphatic carbocycles. The number of anilines is 2. The smallest absolute Gasteiger partial charge is 0.231 e. The van der Waals surface area contributed by atoms with Gasteiger partial charge in [0.05, 0.1) is 12.7 Å². The lowest BCUT2D eigenvalue weighted by atomic mass is 10.1. The number of sulfonamides is 1. The molecule has 0 atom stereocenters. The minimum atomic E-state index is -3.29. The van der Waals surface area contributed by atoms with Gasteiger partial charge in [-0.15, -0.1) is 0 Å². The molecule has 0 bridgehead atoms. The summed E-state index contributed by atoms with van der Waals surface area (Å²) in [6.07, 6.45) is 2.40. The number of nitrogens with one attached hydrogen (secondary N) is 1. The lowest BCUT2D eigenvalue weighted by Crippen LogP contribution is -2.28. The fourth-order valence-electron chi connectivity index (χ4n) is 2.29. The van der Waals surface area contributed by atoms with Crippen molar-refractivity contribution in [3.8, 4) is 0 Å². The van der Waals surface area contributed by atoms with Crippen LogP contribution in [-0.4, -0.2) is 27.1 Å². The van der Waals surface area contributed by atoms with Crippen molar-refractivity contribution in [1.29, 1.82) is 0 Å². The van der Waals surface area contributed by atoms with Crippen LogP contribution in [0.1, 0.15) is 25.8 Å². The fraction of sp³-hybridized carbons (Fsp3) is 0.500. The van der Waals surface area contributed by atoms with Crippen LogP contribution < -0.4 is 9.62 Å². The van der Waals surface area contributed by atoms with Crippen molar-refractivity contribution in [2.75, 3.05) is 22.4 Å². The highest BCUT2D eigenvalue weighted by Crippen LogP contribution is 2.31. The average Bonchev–Trinajstić information content (AvgIpc) is 2.59. The number of fused-ring (bicyclic) bond motifs is 1. The number of amides is 1. The minimum Gasteiger partial charge on any atom is -0.312 e. The molecule has 1 aromatic rings. The van der Waals surface area contributed by atoms with Crippen molar-refractivity contribution in [3.05, 3.63) is 23.8 Å². The van der Waals surface area contributed by atoms with E-state index in [9.17, 15) is 13.2 Å². The standard InChI is InChI=1S/C14H20N2O3S/c1-10(2)6-7-16-13-5-4-12(15-20(3,18)19)8-11(13)9-14(16)17/h4-5,8,10,15H,6-7,9H2,1-3H3. The monoisotopic (exact) mass is 296 g/mol. The maximum atomic E-state index is 12.0. The molecule has 6 heteroatoms. The topological polar surface area (TPSA) is 66.5 Å². The highest BCUT2D eigenvalue weighted by Gasteiger charge is 2.27. The van der Waals surface area contributed by atoms with Crippen LogP contribution in [0.5, 0.6) is 0 Å². The van der Waals surface area contributed by atoms with Crippen LogP contribution in [0.25, 0.3) is 0 Å². The first-order chi connectivity index (χ1) is 9.26. The second-order valence-corrected chi connectivity index (χ2v) is 7.37. The lowest BCUT2D eigenvalue weighted by molar-refractivity contribution is -0.117. The Morgan fingerprint density at radius 1 is 1.35 bits per heavy atom. The number of hydrogen-bond acceptors (Lipinski definition) is 3. The fourth-order valence-corrected chi connectivity index (χ4v) is 2.85. The maximum absolute atomic E-state index is 12.0. The first kappa shape index (κ1) is 14.8. The molecule has 1 aliphatic heterocycles. The molecule has 0 unspecified atom stereocenters. The molecule has 0 saturated heterocycles. The van der Waals surface area contributed by atoms with E-state index in [0.717, 1.165) is 23.9 Å². The van der Waals surface area contributed by atoms with Crippen LogP contribution in [-0.2, 0) is 21.2 Å². The molecule has 5 nitrogen and oxygen atoms in total. The molecule has 20 heavy (non-hydrogen) atoms. The summed E-state index contributed by atoms with van der Waals surface area (Å²) in [5.74, 6) is 0.621. The first-order valence-corrected chi connectivity index (χ1v) is 8.56. The number of carbonyl (C=O) groups excluding carboxylic acids is 1. The molecule has 0 aromatic heterocycles. The molecule has 1 amide bonds. The Morgan fingerprint density at radius 2 is 2.05 bits per heavy atom. The molecule has 110 valence electrons. The summed E-state index contributed by atoms with van der Waals surface area (Å²) in [4.78, 5) is 13.8. The first-order valence-electron chi connectivity index (χ1n) is 6.67. The van der Waals surface area contributed by atoms with Crippen LogP contribution in [0.15, 0.2) is 18.2 Å². The van der Waals surface area contributed by atoms with E-state index in [1.54, 1.807) is 17.0 Å². The predicted molar refractivity (Wildman–Crippen MR) is 80.4 cm³/mol. The van der Waals surface area contributed by atoms with E-state index in [-0.39, 0.29) is 5.91 Å². The maximum Gasteiger partial charge on any atom is 0.231 e. The Balaban J connectivity index is 2.21. The van der Waals surface area contributed by atoms with Crippen LogP contribution in [0.3, 0.4) is 0 Å². The highest BCUT2D eigenvalue weighted by molar-refractivity contribution is 7.92. The van der Waals surface area contributed by atoms with Gasteiger partial charge in [-0.1, -0.05) is 13.8 Å². The zero-order valence-corrected chi connectivity index (χ0v) is 12.8. The number of nitrogens with zero attached hydrogens (tertiary/aromatic N) is 1. The number of benzene rings is 1. The summed E-state index contributed by atoms with van der Waals surface area (Å²) >= 11 is 0. The van der Waals surface area contributed by atoms with E-state index >= 15 is 0 Å². The van der Waals surface area contributed by atoms with E-state index in [2.05, 4.69) is 18.6 Å². The van der Waals surface area contributed by atoms with Gasteiger partial charge in [0.25, 0.3) is 0 Å². The molecule has 0 fully saturated rings. The van der Waals surface area contributed by atoms with Crippen molar-refractivity contribution in [1.82, 2.24) is 0 Å². The largest absolute Gasteiger partial charge is 0.312 e. The number of carbonyl (C=O) groups is 1.